The van der Waals surface area contributed by atoms with Gasteiger partial charge in [-0.05, 0) is 51.0 Å². The third-order valence-corrected chi connectivity index (χ3v) is 6.62. The lowest BCUT2D eigenvalue weighted by Gasteiger charge is -2.36. The zero-order chi connectivity index (χ0) is 21.4. The van der Waals surface area contributed by atoms with Gasteiger partial charge >= 0.3 is 0 Å². The molecule has 0 saturated carbocycles. The third kappa shape index (κ3) is 3.74. The summed E-state index contributed by atoms with van der Waals surface area (Å²) >= 11 is 0. The highest BCUT2D eigenvalue weighted by Crippen LogP contribution is 2.49. The molecule has 0 radical (unpaired) electrons. The minimum atomic E-state index is -0.108. The number of likely N-dealkylation sites (tertiary alicyclic amines) is 1. The van der Waals surface area contributed by atoms with Gasteiger partial charge in [0.05, 0.1) is 11.5 Å². The van der Waals surface area contributed by atoms with Crippen molar-refractivity contribution in [3.05, 3.63) is 65.3 Å². The van der Waals surface area contributed by atoms with Gasteiger partial charge in [-0.1, -0.05) is 17.7 Å². The summed E-state index contributed by atoms with van der Waals surface area (Å²) in [6.45, 7) is 6.55. The SMILES string of the molecule is Cc1ccc(-c2nnc(C3CN(C(=O)c4ccc(C)nc4)CC34CCOCC4)o2)cc1. The van der Waals surface area contributed by atoms with Gasteiger partial charge in [-0.25, -0.2) is 0 Å². The zero-order valence-corrected chi connectivity index (χ0v) is 17.9. The first-order valence-electron chi connectivity index (χ1n) is 10.7. The van der Waals surface area contributed by atoms with Crippen LogP contribution in [0.1, 0.15) is 46.3 Å². The van der Waals surface area contributed by atoms with E-state index >= 15 is 0 Å². The second-order valence-electron chi connectivity index (χ2n) is 8.71. The van der Waals surface area contributed by atoms with Crippen LogP contribution >= 0.6 is 0 Å². The van der Waals surface area contributed by atoms with E-state index in [9.17, 15) is 4.79 Å². The van der Waals surface area contributed by atoms with Crippen LogP contribution in [-0.2, 0) is 4.74 Å². The van der Waals surface area contributed by atoms with E-state index in [0.717, 1.165) is 24.1 Å². The number of hydrogen-bond acceptors (Lipinski definition) is 6. The molecule has 7 nitrogen and oxygen atoms in total. The molecule has 2 aliphatic heterocycles. The predicted molar refractivity (Wildman–Crippen MR) is 115 cm³/mol. The van der Waals surface area contributed by atoms with Crippen LogP contribution in [0.5, 0.6) is 0 Å². The number of nitrogens with zero attached hydrogens (tertiary/aromatic N) is 4. The molecular formula is C24H26N4O3. The maximum atomic E-state index is 13.2. The Morgan fingerprint density at radius 1 is 1.06 bits per heavy atom. The Balaban J connectivity index is 1.44. The van der Waals surface area contributed by atoms with Crippen LogP contribution < -0.4 is 0 Å². The van der Waals surface area contributed by atoms with E-state index in [-0.39, 0.29) is 17.2 Å². The van der Waals surface area contributed by atoms with Crippen molar-refractivity contribution in [2.75, 3.05) is 26.3 Å². The monoisotopic (exact) mass is 418 g/mol. The van der Waals surface area contributed by atoms with Gasteiger partial charge in [-0.15, -0.1) is 10.2 Å². The highest BCUT2D eigenvalue weighted by atomic mass is 16.5. The molecule has 0 N–H and O–H groups in total. The van der Waals surface area contributed by atoms with Crippen molar-refractivity contribution >= 4 is 5.91 Å². The Bertz CT molecular complexity index is 1070. The number of aromatic nitrogens is 3. The van der Waals surface area contributed by atoms with E-state index in [1.165, 1.54) is 5.56 Å². The maximum absolute atomic E-state index is 13.2. The molecule has 1 unspecified atom stereocenters. The molecule has 1 atom stereocenters. The quantitative estimate of drug-likeness (QED) is 0.644. The van der Waals surface area contributed by atoms with Crippen LogP contribution in [0.25, 0.3) is 11.5 Å². The van der Waals surface area contributed by atoms with Crippen molar-refractivity contribution in [1.29, 1.82) is 0 Å². The van der Waals surface area contributed by atoms with Crippen molar-refractivity contribution in [2.45, 2.75) is 32.6 Å². The summed E-state index contributed by atoms with van der Waals surface area (Å²) in [5, 5.41) is 8.73. The fourth-order valence-corrected chi connectivity index (χ4v) is 4.71. The third-order valence-electron chi connectivity index (χ3n) is 6.62. The van der Waals surface area contributed by atoms with Gasteiger partial charge in [0.25, 0.3) is 5.91 Å². The number of rotatable bonds is 3. The maximum Gasteiger partial charge on any atom is 0.255 e. The summed E-state index contributed by atoms with van der Waals surface area (Å²) in [6.07, 6.45) is 3.40. The largest absolute Gasteiger partial charge is 0.420 e. The smallest absolute Gasteiger partial charge is 0.255 e. The van der Waals surface area contributed by atoms with Gasteiger partial charge in [0.1, 0.15) is 0 Å². The molecule has 0 bridgehead atoms. The number of pyridine rings is 1. The minimum absolute atomic E-state index is 0.000796. The second kappa shape index (κ2) is 7.89. The molecule has 2 saturated heterocycles. The van der Waals surface area contributed by atoms with Crippen molar-refractivity contribution < 1.29 is 13.9 Å². The van der Waals surface area contributed by atoms with E-state index in [1.54, 1.807) is 6.20 Å². The summed E-state index contributed by atoms with van der Waals surface area (Å²) < 4.78 is 11.8. The Hall–Kier alpha value is -3.06. The van der Waals surface area contributed by atoms with E-state index in [1.807, 2.05) is 55.1 Å². The number of hydrogen-bond donors (Lipinski definition) is 0. The molecular weight excluding hydrogens is 392 g/mol. The van der Waals surface area contributed by atoms with Gasteiger partial charge in [0, 0.05) is 49.2 Å². The van der Waals surface area contributed by atoms with Crippen LogP contribution in [0.3, 0.4) is 0 Å². The predicted octanol–water partition coefficient (Wildman–Crippen LogP) is 3.78. The number of carbonyl (C=O) groups is 1. The molecule has 1 amide bonds. The molecule has 2 aromatic heterocycles. The summed E-state index contributed by atoms with van der Waals surface area (Å²) in [6, 6.07) is 11.8. The molecule has 31 heavy (non-hydrogen) atoms. The fraction of sp³-hybridized carbons (Fsp3) is 0.417. The first-order valence-corrected chi connectivity index (χ1v) is 10.7. The van der Waals surface area contributed by atoms with E-state index in [2.05, 4.69) is 15.2 Å². The standard InChI is InChI=1S/C24H26N4O3/c1-16-3-6-18(7-4-16)21-26-27-22(31-21)20-14-28(15-24(20)9-11-30-12-10-24)23(29)19-8-5-17(2)25-13-19/h3-8,13,20H,9-12,14-15H2,1-2H3. The van der Waals surface area contributed by atoms with Gasteiger partial charge in [0.15, 0.2) is 0 Å². The van der Waals surface area contributed by atoms with Crippen LogP contribution in [0.2, 0.25) is 0 Å². The molecule has 1 aromatic carbocycles. The molecule has 160 valence electrons. The Morgan fingerprint density at radius 3 is 2.55 bits per heavy atom. The molecule has 5 rings (SSSR count). The Morgan fingerprint density at radius 2 is 1.84 bits per heavy atom. The van der Waals surface area contributed by atoms with Gasteiger partial charge in [0.2, 0.25) is 11.8 Å². The highest BCUT2D eigenvalue weighted by molar-refractivity contribution is 5.94. The van der Waals surface area contributed by atoms with Crippen LogP contribution in [0, 0.1) is 19.3 Å². The second-order valence-corrected chi connectivity index (χ2v) is 8.71. The van der Waals surface area contributed by atoms with Gasteiger partial charge in [-0.2, -0.15) is 0 Å². The number of amides is 1. The van der Waals surface area contributed by atoms with E-state index in [0.29, 0.717) is 43.6 Å². The molecule has 0 aliphatic carbocycles. The molecule has 2 aliphatic rings. The van der Waals surface area contributed by atoms with Crippen molar-refractivity contribution in [3.8, 4) is 11.5 Å². The topological polar surface area (TPSA) is 81.4 Å². The van der Waals surface area contributed by atoms with Crippen LogP contribution in [0.4, 0.5) is 0 Å². The molecule has 1 spiro atoms. The average Bonchev–Trinajstić information content (AvgIpc) is 3.40. The highest BCUT2D eigenvalue weighted by Gasteiger charge is 2.51. The van der Waals surface area contributed by atoms with E-state index in [4.69, 9.17) is 9.15 Å². The molecule has 2 fully saturated rings. The van der Waals surface area contributed by atoms with Crippen molar-refractivity contribution in [1.82, 2.24) is 20.1 Å². The van der Waals surface area contributed by atoms with Gasteiger partial charge in [-0.3, -0.25) is 9.78 Å². The normalized spacial score (nSPS) is 20.3. The first kappa shape index (κ1) is 19.9. The first-order chi connectivity index (χ1) is 15.0. The lowest BCUT2D eigenvalue weighted by molar-refractivity contribution is 0.00908. The van der Waals surface area contributed by atoms with Crippen LogP contribution in [-0.4, -0.2) is 52.3 Å². The van der Waals surface area contributed by atoms with Crippen molar-refractivity contribution in [3.63, 3.8) is 0 Å². The lowest BCUT2D eigenvalue weighted by Crippen LogP contribution is -2.37. The molecule has 3 aromatic rings. The average molecular weight is 418 g/mol. The molecule has 7 heteroatoms. The summed E-state index contributed by atoms with van der Waals surface area (Å²) in [5.74, 6) is 1.11. The summed E-state index contributed by atoms with van der Waals surface area (Å²) in [5.41, 5.74) is 3.48. The zero-order valence-electron chi connectivity index (χ0n) is 17.9. The number of carbonyl (C=O) groups excluding carboxylic acids is 1. The number of benzene rings is 1. The van der Waals surface area contributed by atoms with Gasteiger partial charge < -0.3 is 14.1 Å². The summed E-state index contributed by atoms with van der Waals surface area (Å²) in [4.78, 5) is 19.4. The number of aryl methyl sites for hydroxylation is 2. The Kier molecular flexibility index (Phi) is 5.06. The Labute approximate surface area is 181 Å². The fourth-order valence-electron chi connectivity index (χ4n) is 4.71. The lowest BCUT2D eigenvalue weighted by atomic mass is 9.72. The van der Waals surface area contributed by atoms with E-state index < -0.39 is 0 Å². The summed E-state index contributed by atoms with van der Waals surface area (Å²) in [7, 11) is 0. The minimum Gasteiger partial charge on any atom is -0.420 e. The van der Waals surface area contributed by atoms with Crippen molar-refractivity contribution in [2.24, 2.45) is 5.41 Å². The molecule has 4 heterocycles. The number of ether oxygens (including phenoxy) is 1. The van der Waals surface area contributed by atoms with Crippen LogP contribution in [0.15, 0.2) is 47.0 Å².